The number of nitrogens with zero attached hydrogens (tertiary/aromatic N) is 1. The highest BCUT2D eigenvalue weighted by molar-refractivity contribution is 5.67. The number of ether oxygens (including phenoxy) is 8. The fourth-order valence-corrected chi connectivity index (χ4v) is 11.4. The van der Waals surface area contributed by atoms with E-state index in [1.54, 1.807) is 13.0 Å². The molecule has 0 unspecified atom stereocenters. The van der Waals surface area contributed by atoms with E-state index in [1.165, 1.54) is 108 Å². The van der Waals surface area contributed by atoms with E-state index in [-0.39, 0.29) is 48.9 Å². The van der Waals surface area contributed by atoms with E-state index in [0.29, 0.717) is 106 Å². The van der Waals surface area contributed by atoms with Crippen molar-refractivity contribution in [2.45, 2.75) is 188 Å². The normalized spacial score (nSPS) is 16.6. The van der Waals surface area contributed by atoms with Crippen LogP contribution in [0, 0.1) is 16.2 Å². The highest BCUT2D eigenvalue weighted by Gasteiger charge is 2.28. The van der Waals surface area contributed by atoms with Crippen molar-refractivity contribution in [3.8, 4) is 0 Å². The first-order valence-electron chi connectivity index (χ1n) is 37.0. The fraction of sp³-hybridized carbons (Fsp3) is 0.570. The molecule has 0 radical (unpaired) electrons. The van der Waals surface area contributed by atoms with Crippen LogP contribution >= 0.6 is 0 Å². The lowest BCUT2D eigenvalue weighted by Gasteiger charge is -2.33. The molecule has 18 nitrogen and oxygen atoms in total. The molecule has 104 heavy (non-hydrogen) atoms. The maximum absolute atomic E-state index is 10.5. The van der Waals surface area contributed by atoms with Crippen molar-refractivity contribution in [2.24, 2.45) is 22.0 Å². The third-order valence-electron chi connectivity index (χ3n) is 16.9. The van der Waals surface area contributed by atoms with E-state index in [0.717, 1.165) is 35.6 Å². The largest absolute Gasteiger partial charge is 0.550 e. The molecule has 5 N–H and O–H groups in total. The van der Waals surface area contributed by atoms with Gasteiger partial charge in [0.05, 0.1) is 112 Å². The molecule has 0 aromatic carbocycles. The number of aliphatic hydroxyl groups excluding tert-OH is 1. The van der Waals surface area contributed by atoms with Gasteiger partial charge in [0.25, 0.3) is 0 Å². The Morgan fingerprint density at radius 1 is 0.490 bits per heavy atom. The quantitative estimate of drug-likeness (QED) is 0.0156. The van der Waals surface area contributed by atoms with Gasteiger partial charge >= 0.3 is 11.9 Å². The molecular weight excluding hydrogens is 1320 g/mol. The average Bonchev–Trinajstić information content (AvgIpc) is 0.844. The highest BCUT2D eigenvalue weighted by Crippen LogP contribution is 2.43. The molecule has 0 aliphatic heterocycles. The molecule has 0 atom stereocenters. The predicted octanol–water partition coefficient (Wildman–Crippen LogP) is 15.5. The van der Waals surface area contributed by atoms with Crippen molar-refractivity contribution in [1.82, 2.24) is 0 Å². The number of aliphatic carboxylic acids is 3. The van der Waals surface area contributed by atoms with E-state index < -0.39 is 17.9 Å². The lowest BCUT2D eigenvalue weighted by molar-refractivity contribution is -0.700. The number of hydrogen-bond donors (Lipinski definition) is 4. The van der Waals surface area contributed by atoms with Gasteiger partial charge in [-0.3, -0.25) is 14.4 Å². The topological polar surface area (TPSA) is 256 Å². The number of hydrogen-bond acceptors (Lipinski definition) is 15. The van der Waals surface area contributed by atoms with Gasteiger partial charge in [0.1, 0.15) is 12.9 Å². The molecule has 0 amide bonds. The zero-order chi connectivity index (χ0) is 78.0. The Labute approximate surface area is 626 Å². The second kappa shape index (κ2) is 59.3. The van der Waals surface area contributed by atoms with Crippen LogP contribution in [0.25, 0.3) is 12.2 Å². The Kier molecular flexibility index (Phi) is 55.5. The molecule has 584 valence electrons. The first kappa shape index (κ1) is 97.2. The standard InChI is InChI=1S/C51H73NO6.C20H28O.C11H23NO6.C2H4O2.C2H6O/c1-40(20-22-47-43(4)17-12-26-50(47,6)7)14-10-16-42(3)38-46-39-45(19-11-15-41(2)21-23-48-44(5)18-13-27-51(48,8)9)24-28-52(46)29-31-56-33-35-58-37-36-57-34-32-55-30-25-49(53)54;1-16(8-6-9-17(2)13-15-21)11-12-19-18(3)10-7-14-20(19,4)5;12-2-4-16-6-8-18-10-9-17-7-5-15-3-1-11(13)14;1-2(3)4;1-2-3/h10-11,14-16,19-24,28,38-39H,12-13,17-18,25-27,29-37H2,1-9H3;6,8-9,11-13,15H,7,10,14H2,1-5H3;1-10,12H2,(H,13,14);1H3,(H,3,4);3H,2H2,1H3/b16-10+,19-11+,22-20+,23-21+,40-14+,41-15+,42-38+;9-6+,12-11+,16-8+,17-13?;;;. The number of carbonyl (C=O) groups excluding carboxylic acids is 2. The van der Waals surface area contributed by atoms with Gasteiger partial charge in [-0.25, -0.2) is 0 Å². The summed E-state index contributed by atoms with van der Waals surface area (Å²) in [4.78, 5) is 39.9. The molecule has 0 spiro atoms. The average molecular weight is 1450 g/mol. The Morgan fingerprint density at radius 2 is 0.808 bits per heavy atom. The van der Waals surface area contributed by atoms with Crippen molar-refractivity contribution < 1.29 is 82.1 Å². The fourth-order valence-electron chi connectivity index (χ4n) is 11.4. The molecule has 3 aliphatic carbocycles. The van der Waals surface area contributed by atoms with Crippen LogP contribution in [0.15, 0.2) is 171 Å². The summed E-state index contributed by atoms with van der Waals surface area (Å²) in [6.45, 7) is 42.7. The third kappa shape index (κ3) is 50.6. The number of carboxylic acid groups (broad SMARTS) is 3. The molecule has 0 bridgehead atoms. The first-order chi connectivity index (χ1) is 49.5. The monoisotopic (exact) mass is 1450 g/mol. The van der Waals surface area contributed by atoms with Crippen LogP contribution in [-0.4, -0.2) is 158 Å². The maximum Gasteiger partial charge on any atom is 0.305 e. The van der Waals surface area contributed by atoms with Crippen molar-refractivity contribution in [2.75, 3.05) is 119 Å². The number of aromatic nitrogens is 1. The summed E-state index contributed by atoms with van der Waals surface area (Å²) >= 11 is 0. The molecule has 0 fully saturated rings. The van der Waals surface area contributed by atoms with Gasteiger partial charge in [-0.15, -0.1) is 0 Å². The lowest BCUT2D eigenvalue weighted by Crippen LogP contribution is -2.39. The van der Waals surface area contributed by atoms with Gasteiger partial charge in [-0.2, -0.15) is 4.57 Å². The van der Waals surface area contributed by atoms with Gasteiger partial charge < -0.3 is 68.8 Å². The number of aldehydes is 1. The maximum atomic E-state index is 10.5. The number of allylic oxidation sites excluding steroid dienone is 26. The Balaban J connectivity index is 0.00000186. The first-order valence-corrected chi connectivity index (χ1v) is 37.0. The van der Waals surface area contributed by atoms with Gasteiger partial charge in [0.2, 0.25) is 5.69 Å². The summed E-state index contributed by atoms with van der Waals surface area (Å²) < 4.78 is 45.1. The van der Waals surface area contributed by atoms with Crippen LogP contribution in [0.3, 0.4) is 0 Å². The van der Waals surface area contributed by atoms with Gasteiger partial charge in [-0.05, 0) is 183 Å². The van der Waals surface area contributed by atoms with E-state index in [4.69, 9.17) is 68.8 Å². The minimum Gasteiger partial charge on any atom is -0.550 e. The minimum absolute atomic E-state index is 0.000288. The zero-order valence-corrected chi connectivity index (χ0v) is 66.5. The molecule has 1 heterocycles. The second-order valence-corrected chi connectivity index (χ2v) is 27.9. The van der Waals surface area contributed by atoms with Gasteiger partial charge in [-0.1, -0.05) is 166 Å². The summed E-state index contributed by atoms with van der Waals surface area (Å²) in [5.74, 6) is -2.81. The van der Waals surface area contributed by atoms with Gasteiger partial charge in [0.15, 0.2) is 12.7 Å². The Bertz CT molecular complexity index is 3100. The molecule has 1 aromatic rings. The Morgan fingerprint density at radius 3 is 1.14 bits per heavy atom. The minimum atomic E-state index is -1.08. The number of pyridine rings is 1. The van der Waals surface area contributed by atoms with Crippen molar-refractivity contribution in [1.29, 1.82) is 0 Å². The summed E-state index contributed by atoms with van der Waals surface area (Å²) in [5.41, 5.74) is 23.1. The van der Waals surface area contributed by atoms with Crippen molar-refractivity contribution >= 4 is 36.3 Å². The summed E-state index contributed by atoms with van der Waals surface area (Å²) in [6, 6.07) is 4.39. The molecule has 3 aliphatic rings. The summed E-state index contributed by atoms with van der Waals surface area (Å²) in [7, 11) is 0. The smallest absolute Gasteiger partial charge is 0.305 e. The Hall–Kier alpha value is -6.81. The van der Waals surface area contributed by atoms with E-state index in [2.05, 4.69) is 198 Å². The van der Waals surface area contributed by atoms with Crippen molar-refractivity contribution in [3.05, 3.63) is 182 Å². The molecular formula is C86H134N2O16. The molecule has 4 rings (SSSR count). The zero-order valence-electron chi connectivity index (χ0n) is 66.5. The SMILES string of the molecule is CC(=CC=O)/C=C/C=C(C)/C=C/C1=C(C)CCCC1(C)C.CC(=O)[O-].CC1=C(/C=C/C(C)=C/C=C/C(C)=C/c2cc(/C=C/C=C(C)/C=C/C3=C(C)CCCC3(C)C)cc[n+]2CCOCCOCCOCCOCCC(=O)O)C(C)(C)CCC1.CCO.NCCOCCOCCOCCOCCC(=O)O. The van der Waals surface area contributed by atoms with E-state index in [1.807, 2.05) is 19.1 Å². The second-order valence-electron chi connectivity index (χ2n) is 27.9. The van der Waals surface area contributed by atoms with Gasteiger partial charge in [0, 0.05) is 37.3 Å². The lowest BCUT2D eigenvalue weighted by atomic mass is 9.72. The van der Waals surface area contributed by atoms with E-state index in [9.17, 15) is 14.4 Å². The molecule has 18 heteroatoms. The number of carbonyl (C=O) groups is 4. The molecule has 0 saturated heterocycles. The summed E-state index contributed by atoms with van der Waals surface area (Å²) in [6.07, 6.45) is 50.7. The van der Waals surface area contributed by atoms with Crippen LogP contribution in [-0.2, 0) is 63.6 Å². The van der Waals surface area contributed by atoms with E-state index >= 15 is 0 Å². The van der Waals surface area contributed by atoms with Crippen molar-refractivity contribution in [3.63, 3.8) is 0 Å². The van der Waals surface area contributed by atoms with Crippen LogP contribution < -0.4 is 15.4 Å². The summed E-state index contributed by atoms with van der Waals surface area (Å²) in [5, 5.41) is 33.4. The number of rotatable bonds is 43. The molecule has 0 saturated carbocycles. The number of aliphatic hydroxyl groups is 1. The number of carboxylic acids is 3. The van der Waals surface area contributed by atoms with Crippen LogP contribution in [0.2, 0.25) is 0 Å². The third-order valence-corrected chi connectivity index (χ3v) is 16.9. The highest BCUT2D eigenvalue weighted by atomic mass is 16.6. The number of nitrogens with two attached hydrogens (primary N) is 1. The predicted molar refractivity (Wildman–Crippen MR) is 421 cm³/mol. The van der Waals surface area contributed by atoms with Crippen LogP contribution in [0.5, 0.6) is 0 Å². The van der Waals surface area contributed by atoms with Crippen LogP contribution in [0.4, 0.5) is 0 Å². The molecule has 1 aromatic heterocycles. The van der Waals surface area contributed by atoms with Crippen LogP contribution in [0.1, 0.15) is 193 Å².